The summed E-state index contributed by atoms with van der Waals surface area (Å²) in [6, 6.07) is 3.86. The number of hydrogen-bond donors (Lipinski definition) is 0. The van der Waals surface area contributed by atoms with Crippen LogP contribution < -0.4 is 0 Å². The Labute approximate surface area is 69.1 Å². The van der Waals surface area contributed by atoms with Gasteiger partial charge in [-0.05, 0) is 28.1 Å². The van der Waals surface area contributed by atoms with Gasteiger partial charge in [0.15, 0.2) is 0 Å². The van der Waals surface area contributed by atoms with Crippen LogP contribution in [-0.2, 0) is 6.54 Å². The molecule has 0 N–H and O–H groups in total. The van der Waals surface area contributed by atoms with Crippen molar-refractivity contribution in [3.63, 3.8) is 0 Å². The number of pyridine rings is 1. The van der Waals surface area contributed by atoms with Crippen molar-refractivity contribution in [2.24, 2.45) is 0 Å². The Morgan fingerprint density at radius 3 is 2.75 bits per heavy atom. The Morgan fingerprint density at radius 2 is 2.08 bits per heavy atom. The Balaban J connectivity index is 2.15. The summed E-state index contributed by atoms with van der Waals surface area (Å²) in [6.45, 7) is 0.690. The molecule has 0 aliphatic rings. The molecule has 0 bridgehead atoms. The molecule has 2 rings (SSSR count). The maximum atomic E-state index is 3.91. The van der Waals surface area contributed by atoms with Crippen molar-refractivity contribution in [1.29, 1.82) is 0 Å². The topological polar surface area (TPSA) is 56.5 Å². The van der Waals surface area contributed by atoms with Gasteiger partial charge in [-0.2, -0.15) is 0 Å². The van der Waals surface area contributed by atoms with E-state index in [-0.39, 0.29) is 0 Å². The average molecular weight is 161 g/mol. The molecule has 0 fully saturated rings. The Bertz CT molecular complexity index is 328. The normalized spacial score (nSPS) is 10.0. The zero-order chi connectivity index (χ0) is 8.23. The third-order valence-electron chi connectivity index (χ3n) is 1.49. The molecule has 60 valence electrons. The highest BCUT2D eigenvalue weighted by atomic mass is 15.5. The average Bonchev–Trinajstić information content (AvgIpc) is 2.59. The second-order valence-electron chi connectivity index (χ2n) is 2.36. The number of hydrogen-bond acceptors (Lipinski definition) is 4. The van der Waals surface area contributed by atoms with E-state index in [2.05, 4.69) is 20.5 Å². The largest absolute Gasteiger partial charge is 0.265 e. The minimum atomic E-state index is 0.690. The third kappa shape index (κ3) is 1.45. The smallest absolute Gasteiger partial charge is 0.138 e. The summed E-state index contributed by atoms with van der Waals surface area (Å²) >= 11 is 0. The highest BCUT2D eigenvalue weighted by Gasteiger charge is 1.93. The molecule has 5 nitrogen and oxygen atoms in total. The second-order valence-corrected chi connectivity index (χ2v) is 2.36. The predicted octanol–water partition coefficient (Wildman–Crippen LogP) is 0.116. The maximum Gasteiger partial charge on any atom is 0.138 e. The molecule has 0 unspecified atom stereocenters. The van der Waals surface area contributed by atoms with Gasteiger partial charge in [0, 0.05) is 12.4 Å². The molecular formula is C7H7N5. The number of aromatic nitrogens is 5. The monoisotopic (exact) mass is 161 g/mol. The van der Waals surface area contributed by atoms with Crippen molar-refractivity contribution in [2.45, 2.75) is 6.54 Å². The summed E-state index contributed by atoms with van der Waals surface area (Å²) in [5, 5.41) is 10.8. The van der Waals surface area contributed by atoms with Crippen molar-refractivity contribution in [3.05, 3.63) is 36.4 Å². The summed E-state index contributed by atoms with van der Waals surface area (Å²) in [6.07, 6.45) is 5.08. The van der Waals surface area contributed by atoms with E-state index in [4.69, 9.17) is 0 Å². The molecule has 0 saturated heterocycles. The van der Waals surface area contributed by atoms with Gasteiger partial charge < -0.3 is 0 Å². The van der Waals surface area contributed by atoms with E-state index >= 15 is 0 Å². The van der Waals surface area contributed by atoms with E-state index in [1.807, 2.05) is 12.1 Å². The predicted molar refractivity (Wildman–Crippen MR) is 41.2 cm³/mol. The van der Waals surface area contributed by atoms with Gasteiger partial charge in [0.2, 0.25) is 0 Å². The van der Waals surface area contributed by atoms with Gasteiger partial charge in [-0.25, -0.2) is 4.68 Å². The molecule has 5 heteroatoms. The van der Waals surface area contributed by atoms with E-state index in [1.54, 1.807) is 23.4 Å². The van der Waals surface area contributed by atoms with Gasteiger partial charge in [0.1, 0.15) is 6.33 Å². The fourth-order valence-corrected chi connectivity index (χ4v) is 0.928. The maximum absolute atomic E-state index is 3.91. The summed E-state index contributed by atoms with van der Waals surface area (Å²) in [5.74, 6) is 0. The van der Waals surface area contributed by atoms with Gasteiger partial charge >= 0.3 is 0 Å². The highest BCUT2D eigenvalue weighted by molar-refractivity contribution is 5.09. The van der Waals surface area contributed by atoms with Gasteiger partial charge in [-0.1, -0.05) is 0 Å². The van der Waals surface area contributed by atoms with Crippen molar-refractivity contribution in [3.8, 4) is 0 Å². The second kappa shape index (κ2) is 3.08. The molecule has 0 atom stereocenters. The number of tetrazole rings is 1. The highest BCUT2D eigenvalue weighted by Crippen LogP contribution is 1.97. The zero-order valence-electron chi connectivity index (χ0n) is 6.33. The minimum Gasteiger partial charge on any atom is -0.265 e. The standard InChI is InChI=1S/C7H7N5/c1-3-8-4-2-7(1)5-12-6-9-10-11-12/h1-4,6H,5H2. The Hall–Kier alpha value is -1.78. The zero-order valence-corrected chi connectivity index (χ0v) is 6.33. The fraction of sp³-hybridized carbons (Fsp3) is 0.143. The van der Waals surface area contributed by atoms with E-state index in [9.17, 15) is 0 Å². The molecule has 2 aromatic rings. The molecule has 0 aromatic carbocycles. The Morgan fingerprint density at radius 1 is 1.25 bits per heavy atom. The van der Waals surface area contributed by atoms with Crippen molar-refractivity contribution >= 4 is 0 Å². The Kier molecular flexibility index (Phi) is 1.77. The molecule has 0 aliphatic heterocycles. The van der Waals surface area contributed by atoms with Gasteiger partial charge in [-0.3, -0.25) is 4.98 Å². The lowest BCUT2D eigenvalue weighted by Crippen LogP contribution is -2.00. The lowest BCUT2D eigenvalue weighted by atomic mass is 10.3. The first-order valence-corrected chi connectivity index (χ1v) is 3.55. The summed E-state index contributed by atoms with van der Waals surface area (Å²) in [7, 11) is 0. The molecule has 2 heterocycles. The molecule has 0 saturated carbocycles. The van der Waals surface area contributed by atoms with Crippen LogP contribution >= 0.6 is 0 Å². The number of nitrogens with zero attached hydrogens (tertiary/aromatic N) is 5. The first kappa shape index (κ1) is 6.90. The SMILES string of the molecule is c1cc(Cn2cnnn2)ccn1. The first-order chi connectivity index (χ1) is 5.95. The lowest BCUT2D eigenvalue weighted by molar-refractivity contribution is 0.647. The summed E-state index contributed by atoms with van der Waals surface area (Å²) in [4.78, 5) is 3.91. The van der Waals surface area contributed by atoms with Crippen molar-refractivity contribution in [2.75, 3.05) is 0 Å². The van der Waals surface area contributed by atoms with Gasteiger partial charge in [0.05, 0.1) is 6.54 Å². The van der Waals surface area contributed by atoms with E-state index in [0.717, 1.165) is 5.56 Å². The molecule has 0 spiro atoms. The van der Waals surface area contributed by atoms with Crippen LogP contribution in [0.3, 0.4) is 0 Å². The van der Waals surface area contributed by atoms with E-state index in [0.29, 0.717) is 6.54 Å². The van der Waals surface area contributed by atoms with Crippen molar-refractivity contribution in [1.82, 2.24) is 25.2 Å². The third-order valence-corrected chi connectivity index (χ3v) is 1.49. The molecule has 2 aromatic heterocycles. The molecule has 0 amide bonds. The molecule has 0 aliphatic carbocycles. The van der Waals surface area contributed by atoms with Crippen LogP contribution in [-0.4, -0.2) is 25.2 Å². The van der Waals surface area contributed by atoms with E-state index < -0.39 is 0 Å². The van der Waals surface area contributed by atoms with E-state index in [1.165, 1.54) is 0 Å². The van der Waals surface area contributed by atoms with Gasteiger partial charge in [0.25, 0.3) is 0 Å². The lowest BCUT2D eigenvalue weighted by Gasteiger charge is -1.97. The first-order valence-electron chi connectivity index (χ1n) is 3.55. The van der Waals surface area contributed by atoms with Crippen LogP contribution in [0.25, 0.3) is 0 Å². The van der Waals surface area contributed by atoms with Crippen LogP contribution in [0.4, 0.5) is 0 Å². The molecule has 0 radical (unpaired) electrons. The molecule has 12 heavy (non-hydrogen) atoms. The minimum absolute atomic E-state index is 0.690. The summed E-state index contributed by atoms with van der Waals surface area (Å²) in [5.41, 5.74) is 1.14. The van der Waals surface area contributed by atoms with Crippen LogP contribution in [0.5, 0.6) is 0 Å². The van der Waals surface area contributed by atoms with Crippen LogP contribution in [0.15, 0.2) is 30.9 Å². The van der Waals surface area contributed by atoms with Crippen molar-refractivity contribution < 1.29 is 0 Å². The van der Waals surface area contributed by atoms with Crippen LogP contribution in [0.2, 0.25) is 0 Å². The fourth-order valence-electron chi connectivity index (χ4n) is 0.928. The quantitative estimate of drug-likeness (QED) is 0.627. The number of rotatable bonds is 2. The van der Waals surface area contributed by atoms with Crippen LogP contribution in [0, 0.1) is 0 Å². The van der Waals surface area contributed by atoms with Gasteiger partial charge in [-0.15, -0.1) is 5.10 Å². The van der Waals surface area contributed by atoms with Crippen LogP contribution in [0.1, 0.15) is 5.56 Å². The summed E-state index contributed by atoms with van der Waals surface area (Å²) < 4.78 is 1.66. The molecular weight excluding hydrogens is 154 g/mol.